The van der Waals surface area contributed by atoms with Crippen LogP contribution in [0.1, 0.15) is 5.69 Å². The molecule has 0 bridgehead atoms. The minimum absolute atomic E-state index is 0.229. The van der Waals surface area contributed by atoms with Crippen molar-refractivity contribution in [2.24, 2.45) is 0 Å². The first-order valence-electron chi connectivity index (χ1n) is 2.14. The molecule has 0 aliphatic heterocycles. The van der Waals surface area contributed by atoms with Crippen LogP contribution in [0, 0.1) is 6.07 Å². The van der Waals surface area contributed by atoms with Gasteiger partial charge in [-0.3, -0.25) is 9.78 Å². The maximum atomic E-state index is 9.79. The molecule has 0 aliphatic rings. The highest BCUT2D eigenvalue weighted by molar-refractivity contribution is 5.71. The molecule has 1 aromatic rings. The fourth-order valence-corrected chi connectivity index (χ4v) is 0.381. The summed E-state index contributed by atoms with van der Waals surface area (Å²) in [4.78, 5) is 13.4. The quantitative estimate of drug-likeness (QED) is 0.515. The van der Waals surface area contributed by atoms with Gasteiger partial charge < -0.3 is 0 Å². The van der Waals surface area contributed by atoms with E-state index < -0.39 is 0 Å². The lowest BCUT2D eigenvalue weighted by molar-refractivity contribution is 0.561. The van der Waals surface area contributed by atoms with E-state index >= 15 is 0 Å². The summed E-state index contributed by atoms with van der Waals surface area (Å²) in [6.07, 6.45) is 3.13. The summed E-state index contributed by atoms with van der Waals surface area (Å²) in [7, 11) is 0. The van der Waals surface area contributed by atoms with Gasteiger partial charge in [0.05, 0.1) is 0 Å². The Morgan fingerprint density at radius 2 is 2.62 bits per heavy atom. The molecule has 1 aromatic heterocycles. The first-order valence-corrected chi connectivity index (χ1v) is 2.14. The predicted molar refractivity (Wildman–Crippen MR) is 27.9 cm³/mol. The van der Waals surface area contributed by atoms with Gasteiger partial charge in [-0.2, -0.15) is 0 Å². The number of hydrogen-bond acceptors (Lipinski definition) is 2. The summed E-state index contributed by atoms with van der Waals surface area (Å²) in [6, 6.07) is 5.90. The van der Waals surface area contributed by atoms with Crippen molar-refractivity contribution in [3.63, 3.8) is 0 Å². The van der Waals surface area contributed by atoms with Crippen LogP contribution >= 0.6 is 0 Å². The molecule has 38 valence electrons. The average molecular weight is 105 g/mol. The number of hydrogen-bond donors (Lipinski definition) is 0. The van der Waals surface area contributed by atoms with Crippen LogP contribution in [0.3, 0.4) is 0 Å². The van der Waals surface area contributed by atoms with E-state index in [0.29, 0.717) is 0 Å². The van der Waals surface area contributed by atoms with Crippen LogP contribution in [0.5, 0.6) is 0 Å². The molecule has 2 heteroatoms. The first kappa shape index (κ1) is 4.97. The van der Waals surface area contributed by atoms with Crippen molar-refractivity contribution in [3.05, 3.63) is 30.1 Å². The molecule has 0 saturated carbocycles. The highest BCUT2D eigenvalue weighted by atomic mass is 16.1. The Morgan fingerprint density at radius 1 is 1.75 bits per heavy atom. The monoisotopic (exact) mass is 105 g/mol. The van der Waals surface area contributed by atoms with E-state index in [1.807, 2.05) is 0 Å². The van der Waals surface area contributed by atoms with Crippen LogP contribution < -0.4 is 0 Å². The zero-order valence-electron chi connectivity index (χ0n) is 4.09. The van der Waals surface area contributed by atoms with Crippen molar-refractivity contribution in [1.29, 1.82) is 0 Å². The molecule has 0 spiro atoms. The molecule has 0 aliphatic carbocycles. The normalized spacial score (nSPS) is 8.50. The maximum Gasteiger partial charge on any atom is 0.254 e. The van der Waals surface area contributed by atoms with Crippen LogP contribution in [0.15, 0.2) is 18.3 Å². The van der Waals surface area contributed by atoms with E-state index in [2.05, 4.69) is 11.1 Å². The lowest BCUT2D eigenvalue weighted by Crippen LogP contribution is -1.82. The molecule has 0 saturated heterocycles. The molecular formula is C6H3NO. The van der Waals surface area contributed by atoms with E-state index in [9.17, 15) is 4.79 Å². The number of rotatable bonds is 1. The second-order valence-electron chi connectivity index (χ2n) is 1.23. The predicted octanol–water partition coefficient (Wildman–Crippen LogP) is 0.340. The second-order valence-corrected chi connectivity index (χ2v) is 1.23. The van der Waals surface area contributed by atoms with E-state index in [0.717, 1.165) is 0 Å². The Morgan fingerprint density at radius 3 is 3.00 bits per heavy atom. The third kappa shape index (κ3) is 0.904. The smallest absolute Gasteiger partial charge is 0.254 e. The van der Waals surface area contributed by atoms with Gasteiger partial charge in [-0.1, -0.05) is 6.07 Å². The molecule has 0 atom stereocenters. The third-order valence-electron chi connectivity index (χ3n) is 0.703. The Bertz CT molecular complexity index is 171. The Labute approximate surface area is 47.2 Å². The molecule has 1 heterocycles. The average Bonchev–Trinajstić information content (AvgIpc) is 1.90. The lowest BCUT2D eigenvalue weighted by Gasteiger charge is -1.79. The molecule has 0 unspecified atom stereocenters. The summed E-state index contributed by atoms with van der Waals surface area (Å²) in [5.74, 6) is 0. The van der Waals surface area contributed by atoms with E-state index in [-0.39, 0.29) is 5.69 Å². The summed E-state index contributed by atoms with van der Waals surface area (Å²) >= 11 is 0. The van der Waals surface area contributed by atoms with Gasteiger partial charge in [0.2, 0.25) is 0 Å². The molecular weight excluding hydrogens is 102 g/mol. The zero-order chi connectivity index (χ0) is 5.82. The van der Waals surface area contributed by atoms with E-state index in [4.69, 9.17) is 0 Å². The van der Waals surface area contributed by atoms with Crippen LogP contribution in [-0.2, 0) is 4.79 Å². The van der Waals surface area contributed by atoms with Gasteiger partial charge in [-0.05, 0) is 6.07 Å². The Kier molecular flexibility index (Phi) is 1.37. The molecule has 0 amide bonds. The number of carbonyl (C=O) groups excluding carboxylic acids is 1. The standard InChI is InChI=1S/C6H3NO/c8-5-6-3-1-2-4-7-6/h1-2,4H. The Balaban J connectivity index is 2.99. The molecule has 0 fully saturated rings. The topological polar surface area (TPSA) is 30.0 Å². The molecule has 8 heavy (non-hydrogen) atoms. The summed E-state index contributed by atoms with van der Waals surface area (Å²) < 4.78 is 0. The van der Waals surface area contributed by atoms with Crippen LogP contribution in [0.2, 0.25) is 0 Å². The van der Waals surface area contributed by atoms with Gasteiger partial charge in [-0.25, -0.2) is 0 Å². The minimum Gasteiger partial charge on any atom is -0.283 e. The van der Waals surface area contributed by atoms with Gasteiger partial charge in [0, 0.05) is 12.3 Å². The number of pyridine rings is 1. The van der Waals surface area contributed by atoms with Crippen molar-refractivity contribution >= 4 is 6.29 Å². The van der Waals surface area contributed by atoms with Crippen molar-refractivity contribution < 1.29 is 4.79 Å². The maximum absolute atomic E-state index is 9.79. The van der Waals surface area contributed by atoms with Gasteiger partial charge in [0.15, 0.2) is 0 Å². The number of aromatic nitrogens is 1. The largest absolute Gasteiger partial charge is 0.283 e. The summed E-state index contributed by atoms with van der Waals surface area (Å²) in [5.41, 5.74) is 0.229. The van der Waals surface area contributed by atoms with E-state index in [1.165, 1.54) is 6.20 Å². The van der Waals surface area contributed by atoms with Crippen molar-refractivity contribution in [2.75, 3.05) is 0 Å². The zero-order valence-corrected chi connectivity index (χ0v) is 4.09. The van der Waals surface area contributed by atoms with Crippen LogP contribution in [0.4, 0.5) is 0 Å². The van der Waals surface area contributed by atoms with Gasteiger partial charge in [-0.15, -0.1) is 0 Å². The van der Waals surface area contributed by atoms with Crippen molar-refractivity contribution in [3.8, 4) is 0 Å². The third-order valence-corrected chi connectivity index (χ3v) is 0.703. The van der Waals surface area contributed by atoms with Crippen LogP contribution in [-0.4, -0.2) is 11.3 Å². The van der Waals surface area contributed by atoms with Gasteiger partial charge in [0.25, 0.3) is 6.29 Å². The van der Waals surface area contributed by atoms with Crippen molar-refractivity contribution in [2.45, 2.75) is 0 Å². The fourth-order valence-electron chi connectivity index (χ4n) is 0.381. The molecule has 2 nitrogen and oxygen atoms in total. The highest BCUT2D eigenvalue weighted by Gasteiger charge is 1.84. The second kappa shape index (κ2) is 2.21. The van der Waals surface area contributed by atoms with E-state index in [1.54, 1.807) is 18.4 Å². The lowest BCUT2D eigenvalue weighted by atomic mass is 10.4. The minimum atomic E-state index is 0.229. The molecule has 1 rings (SSSR count). The van der Waals surface area contributed by atoms with Crippen molar-refractivity contribution in [1.82, 2.24) is 4.98 Å². The van der Waals surface area contributed by atoms with Gasteiger partial charge >= 0.3 is 0 Å². The molecule has 2 radical (unpaired) electrons. The summed E-state index contributed by atoms with van der Waals surface area (Å²) in [6.45, 7) is 0. The number of nitrogens with zero attached hydrogens (tertiary/aromatic N) is 1. The molecule has 0 N–H and O–H groups in total. The molecule has 0 aromatic carbocycles. The fraction of sp³-hybridized carbons (Fsp3) is 0. The SMILES string of the molecule is O=[C]c1[c]cccn1. The Hall–Kier alpha value is -1.18. The first-order chi connectivity index (χ1) is 3.93. The van der Waals surface area contributed by atoms with Crippen LogP contribution in [0.25, 0.3) is 0 Å². The highest BCUT2D eigenvalue weighted by Crippen LogP contribution is 1.83. The summed E-state index contributed by atoms with van der Waals surface area (Å²) in [5, 5.41) is 0. The van der Waals surface area contributed by atoms with Gasteiger partial charge in [0.1, 0.15) is 5.69 Å².